The maximum Gasteiger partial charge on any atom is 0.282 e. The Kier molecular flexibility index (Phi) is 4.13. The maximum atomic E-state index is 13.4. The van der Waals surface area contributed by atoms with Gasteiger partial charge in [-0.15, -0.1) is 0 Å². The van der Waals surface area contributed by atoms with Gasteiger partial charge in [-0.2, -0.15) is 0 Å². The predicted octanol–water partition coefficient (Wildman–Crippen LogP) is 2.25. The minimum Gasteiger partial charge on any atom is -0.399 e. The molecule has 0 aliphatic heterocycles. The molecular formula is C14H12FN3O3. The van der Waals surface area contributed by atoms with Crippen molar-refractivity contribution in [1.82, 2.24) is 5.32 Å². The monoisotopic (exact) mass is 289 g/mol. The van der Waals surface area contributed by atoms with Crippen LogP contribution in [0.1, 0.15) is 15.9 Å². The first-order valence-electron chi connectivity index (χ1n) is 6.04. The second kappa shape index (κ2) is 6.00. The Balaban J connectivity index is 2.19. The Hall–Kier alpha value is -2.96. The van der Waals surface area contributed by atoms with Gasteiger partial charge in [0.25, 0.3) is 11.6 Å². The number of nitrogens with one attached hydrogen (secondary N) is 1. The number of nitro groups is 1. The topological polar surface area (TPSA) is 98.3 Å². The predicted molar refractivity (Wildman–Crippen MR) is 75.1 cm³/mol. The molecule has 2 rings (SSSR count). The van der Waals surface area contributed by atoms with E-state index in [9.17, 15) is 19.3 Å². The summed E-state index contributed by atoms with van der Waals surface area (Å²) in [7, 11) is 0. The maximum absolute atomic E-state index is 13.4. The second-order valence-corrected chi connectivity index (χ2v) is 4.31. The van der Waals surface area contributed by atoms with Crippen LogP contribution >= 0.6 is 0 Å². The summed E-state index contributed by atoms with van der Waals surface area (Å²) >= 11 is 0. The minimum absolute atomic E-state index is 0.0720. The van der Waals surface area contributed by atoms with E-state index in [1.54, 1.807) is 6.07 Å². The zero-order chi connectivity index (χ0) is 15.4. The Bertz CT molecular complexity index is 704. The molecule has 2 aromatic carbocycles. The first kappa shape index (κ1) is 14.4. The van der Waals surface area contributed by atoms with E-state index in [0.717, 1.165) is 6.07 Å². The van der Waals surface area contributed by atoms with Crippen molar-refractivity contribution in [2.75, 3.05) is 5.73 Å². The third-order valence-corrected chi connectivity index (χ3v) is 2.86. The largest absolute Gasteiger partial charge is 0.399 e. The number of hydrogen-bond donors (Lipinski definition) is 2. The van der Waals surface area contributed by atoms with Crippen molar-refractivity contribution in [3.63, 3.8) is 0 Å². The highest BCUT2D eigenvalue weighted by Gasteiger charge is 2.20. The lowest BCUT2D eigenvalue weighted by Gasteiger charge is -2.07. The molecule has 0 aromatic heterocycles. The van der Waals surface area contributed by atoms with Gasteiger partial charge in [0.2, 0.25) is 0 Å². The number of nitro benzene ring substituents is 1. The molecule has 1 amide bonds. The first-order chi connectivity index (χ1) is 9.99. The minimum atomic E-state index is -0.683. The van der Waals surface area contributed by atoms with Crippen LogP contribution in [0.25, 0.3) is 0 Å². The fraction of sp³-hybridized carbons (Fsp3) is 0.0714. The van der Waals surface area contributed by atoms with E-state index in [-0.39, 0.29) is 29.0 Å². The Morgan fingerprint density at radius 1 is 1.29 bits per heavy atom. The lowest BCUT2D eigenvalue weighted by Crippen LogP contribution is -2.24. The number of carbonyl (C=O) groups excluding carboxylic acids is 1. The van der Waals surface area contributed by atoms with Crippen LogP contribution in [0.2, 0.25) is 0 Å². The Morgan fingerprint density at radius 3 is 2.67 bits per heavy atom. The number of halogens is 1. The van der Waals surface area contributed by atoms with Crippen molar-refractivity contribution < 1.29 is 14.1 Å². The smallest absolute Gasteiger partial charge is 0.282 e. The van der Waals surface area contributed by atoms with E-state index in [1.165, 1.54) is 30.3 Å². The molecular weight excluding hydrogens is 277 g/mol. The third kappa shape index (κ3) is 3.33. The highest BCUT2D eigenvalue weighted by atomic mass is 19.1. The number of amides is 1. The fourth-order valence-electron chi connectivity index (χ4n) is 1.81. The molecule has 0 heterocycles. The van der Waals surface area contributed by atoms with Crippen molar-refractivity contribution in [1.29, 1.82) is 0 Å². The van der Waals surface area contributed by atoms with Crippen molar-refractivity contribution in [3.05, 3.63) is 69.5 Å². The number of hydrogen-bond acceptors (Lipinski definition) is 4. The summed E-state index contributed by atoms with van der Waals surface area (Å²) in [6.45, 7) is -0.0720. The van der Waals surface area contributed by atoms with Gasteiger partial charge in [0.1, 0.15) is 11.4 Å². The van der Waals surface area contributed by atoms with Crippen LogP contribution in [-0.2, 0) is 6.54 Å². The average molecular weight is 289 g/mol. The van der Waals surface area contributed by atoms with Crippen LogP contribution in [0.3, 0.4) is 0 Å². The molecule has 0 saturated heterocycles. The molecule has 2 aromatic rings. The van der Waals surface area contributed by atoms with E-state index >= 15 is 0 Å². The lowest BCUT2D eigenvalue weighted by molar-refractivity contribution is -0.385. The molecule has 3 N–H and O–H groups in total. The fourth-order valence-corrected chi connectivity index (χ4v) is 1.81. The summed E-state index contributed by atoms with van der Waals surface area (Å²) in [5.41, 5.74) is 5.55. The van der Waals surface area contributed by atoms with E-state index in [2.05, 4.69) is 5.32 Å². The molecule has 0 saturated carbocycles. The van der Waals surface area contributed by atoms with Gasteiger partial charge in [0, 0.05) is 23.9 Å². The van der Waals surface area contributed by atoms with Gasteiger partial charge < -0.3 is 11.1 Å². The number of nitrogens with two attached hydrogens (primary N) is 1. The zero-order valence-electron chi connectivity index (χ0n) is 10.9. The standard InChI is InChI=1S/C14H12FN3O3/c15-12-4-2-1-3-9(12)8-17-14(19)11-7-10(16)5-6-13(11)18(20)21/h1-7H,8,16H2,(H,17,19). The number of rotatable bonds is 4. The number of nitrogens with zero attached hydrogens (tertiary/aromatic N) is 1. The molecule has 0 bridgehead atoms. The molecule has 7 heteroatoms. The van der Waals surface area contributed by atoms with Crippen LogP contribution < -0.4 is 11.1 Å². The number of benzene rings is 2. The molecule has 0 fully saturated rings. The van der Waals surface area contributed by atoms with Crippen LogP contribution in [0.5, 0.6) is 0 Å². The van der Waals surface area contributed by atoms with E-state index in [4.69, 9.17) is 5.73 Å². The third-order valence-electron chi connectivity index (χ3n) is 2.86. The lowest BCUT2D eigenvalue weighted by atomic mass is 10.1. The van der Waals surface area contributed by atoms with Crippen LogP contribution in [0.15, 0.2) is 42.5 Å². The van der Waals surface area contributed by atoms with E-state index in [1.807, 2.05) is 0 Å². The number of anilines is 1. The first-order valence-corrected chi connectivity index (χ1v) is 6.04. The highest BCUT2D eigenvalue weighted by molar-refractivity contribution is 5.99. The van der Waals surface area contributed by atoms with E-state index < -0.39 is 16.6 Å². The SMILES string of the molecule is Nc1ccc([N+](=O)[O-])c(C(=O)NCc2ccccc2F)c1. The summed E-state index contributed by atoms with van der Waals surface area (Å²) in [6.07, 6.45) is 0. The Morgan fingerprint density at radius 2 is 2.00 bits per heavy atom. The molecule has 0 aliphatic carbocycles. The van der Waals surface area contributed by atoms with Crippen molar-refractivity contribution in [3.8, 4) is 0 Å². The van der Waals surface area contributed by atoms with Crippen molar-refractivity contribution in [2.45, 2.75) is 6.54 Å². The second-order valence-electron chi connectivity index (χ2n) is 4.31. The molecule has 0 unspecified atom stereocenters. The van der Waals surface area contributed by atoms with Gasteiger partial charge in [0.05, 0.1) is 4.92 Å². The molecule has 0 atom stereocenters. The summed E-state index contributed by atoms with van der Waals surface area (Å²) < 4.78 is 13.4. The Labute approximate surface area is 119 Å². The molecule has 0 spiro atoms. The summed E-state index contributed by atoms with van der Waals surface area (Å²) in [5.74, 6) is -1.14. The summed E-state index contributed by atoms with van der Waals surface area (Å²) in [4.78, 5) is 22.2. The molecule has 108 valence electrons. The molecule has 0 radical (unpaired) electrons. The van der Waals surface area contributed by atoms with Gasteiger partial charge in [-0.25, -0.2) is 4.39 Å². The van der Waals surface area contributed by atoms with Gasteiger partial charge in [-0.1, -0.05) is 18.2 Å². The van der Waals surface area contributed by atoms with Gasteiger partial charge in [-0.3, -0.25) is 14.9 Å². The van der Waals surface area contributed by atoms with E-state index in [0.29, 0.717) is 0 Å². The van der Waals surface area contributed by atoms with Gasteiger partial charge in [0.15, 0.2) is 0 Å². The van der Waals surface area contributed by atoms with Gasteiger partial charge in [-0.05, 0) is 18.2 Å². The quantitative estimate of drug-likeness (QED) is 0.512. The molecule has 0 aliphatic rings. The van der Waals surface area contributed by atoms with Crippen LogP contribution in [-0.4, -0.2) is 10.8 Å². The zero-order valence-corrected chi connectivity index (χ0v) is 10.9. The molecule has 6 nitrogen and oxygen atoms in total. The average Bonchev–Trinajstić information content (AvgIpc) is 2.45. The highest BCUT2D eigenvalue weighted by Crippen LogP contribution is 2.21. The van der Waals surface area contributed by atoms with Crippen LogP contribution in [0.4, 0.5) is 15.8 Å². The van der Waals surface area contributed by atoms with Crippen molar-refractivity contribution in [2.24, 2.45) is 0 Å². The molecule has 21 heavy (non-hydrogen) atoms. The summed E-state index contributed by atoms with van der Waals surface area (Å²) in [6, 6.07) is 9.67. The van der Waals surface area contributed by atoms with Crippen molar-refractivity contribution >= 4 is 17.3 Å². The normalized spacial score (nSPS) is 10.1. The van der Waals surface area contributed by atoms with Gasteiger partial charge >= 0.3 is 0 Å². The number of carbonyl (C=O) groups is 1. The summed E-state index contributed by atoms with van der Waals surface area (Å²) in [5, 5.41) is 13.3. The van der Waals surface area contributed by atoms with Crippen LogP contribution in [0, 0.1) is 15.9 Å². The number of nitrogen functional groups attached to an aromatic ring is 1.